The number of rotatable bonds is 12. The van der Waals surface area contributed by atoms with Crippen molar-refractivity contribution in [3.05, 3.63) is 28.8 Å². The van der Waals surface area contributed by atoms with Gasteiger partial charge in [0.15, 0.2) is 0 Å². The highest BCUT2D eigenvalue weighted by Crippen LogP contribution is 2.33. The maximum atomic E-state index is 12.2. The Bertz CT molecular complexity index is 760. The monoisotopic (exact) mass is 508 g/mol. The third kappa shape index (κ3) is 11.0. The molecular formula is C23H35Cl3N2O4. The molecule has 0 fully saturated rings. The fourth-order valence-corrected chi connectivity index (χ4v) is 4.17. The van der Waals surface area contributed by atoms with E-state index in [0.29, 0.717) is 42.7 Å². The van der Waals surface area contributed by atoms with E-state index in [2.05, 4.69) is 10.2 Å². The molecule has 182 valence electrons. The highest BCUT2D eigenvalue weighted by molar-refractivity contribution is 6.31. The molecule has 0 aliphatic heterocycles. The van der Waals surface area contributed by atoms with E-state index in [1.54, 1.807) is 20.8 Å². The van der Waals surface area contributed by atoms with Crippen molar-refractivity contribution in [3.8, 4) is 0 Å². The quantitative estimate of drug-likeness (QED) is 0.340. The zero-order chi connectivity index (χ0) is 24.5. The number of alkyl carbamates (subject to hydrolysis) is 1. The standard InChI is InChI=1S/C23H35Cl3N2O4/c1-22(2,3)32-21(31)27-17(13-20(29)30)15-23(4,5)14-16-12-18(6-7-19(16)26)28(10-8-24)11-9-25/h6-7,12,17H,8-11,13-15H2,1-5H3,(H,27,31)(H,29,30)/t17-/m1/s1. The number of aliphatic carboxylic acids is 1. The summed E-state index contributed by atoms with van der Waals surface area (Å²) < 4.78 is 5.30. The maximum absolute atomic E-state index is 12.2. The predicted molar refractivity (Wildman–Crippen MR) is 133 cm³/mol. The lowest BCUT2D eigenvalue weighted by Crippen LogP contribution is -2.42. The van der Waals surface area contributed by atoms with Gasteiger partial charge in [-0.1, -0.05) is 25.4 Å². The van der Waals surface area contributed by atoms with Crippen molar-refractivity contribution in [2.45, 2.75) is 65.5 Å². The number of carboxylic acids is 1. The number of anilines is 1. The summed E-state index contributed by atoms with van der Waals surface area (Å²) in [7, 11) is 0. The number of nitrogens with zero attached hydrogens (tertiary/aromatic N) is 1. The minimum absolute atomic E-state index is 0.199. The first-order valence-electron chi connectivity index (χ1n) is 10.6. The zero-order valence-electron chi connectivity index (χ0n) is 19.5. The number of ether oxygens (including phenoxy) is 1. The van der Waals surface area contributed by atoms with Gasteiger partial charge < -0.3 is 20.1 Å². The first kappa shape index (κ1) is 28.7. The Balaban J connectivity index is 3.01. The molecule has 0 aliphatic rings. The van der Waals surface area contributed by atoms with Crippen molar-refractivity contribution in [1.82, 2.24) is 5.32 Å². The van der Waals surface area contributed by atoms with Gasteiger partial charge in [-0.2, -0.15) is 0 Å². The molecule has 0 heterocycles. The van der Waals surface area contributed by atoms with Gasteiger partial charge in [-0.3, -0.25) is 4.79 Å². The van der Waals surface area contributed by atoms with Gasteiger partial charge >= 0.3 is 12.1 Å². The van der Waals surface area contributed by atoms with Crippen LogP contribution in [0, 0.1) is 5.41 Å². The van der Waals surface area contributed by atoms with Gasteiger partial charge in [-0.15, -0.1) is 23.2 Å². The van der Waals surface area contributed by atoms with E-state index in [-0.39, 0.29) is 11.8 Å². The van der Waals surface area contributed by atoms with E-state index in [1.165, 1.54) is 0 Å². The van der Waals surface area contributed by atoms with Gasteiger partial charge in [0.1, 0.15) is 5.60 Å². The van der Waals surface area contributed by atoms with Crippen LogP contribution in [0.25, 0.3) is 0 Å². The molecule has 0 radical (unpaired) electrons. The van der Waals surface area contributed by atoms with Crippen molar-refractivity contribution in [2.24, 2.45) is 5.41 Å². The molecule has 2 N–H and O–H groups in total. The smallest absolute Gasteiger partial charge is 0.407 e. The third-order valence-electron chi connectivity index (χ3n) is 4.71. The van der Waals surface area contributed by atoms with E-state index < -0.39 is 23.7 Å². The number of alkyl halides is 2. The fraction of sp³-hybridized carbons (Fsp3) is 0.652. The van der Waals surface area contributed by atoms with Gasteiger partial charge in [-0.05, 0) is 62.8 Å². The van der Waals surface area contributed by atoms with Crippen molar-refractivity contribution < 1.29 is 19.4 Å². The van der Waals surface area contributed by atoms with Crippen LogP contribution in [0.15, 0.2) is 18.2 Å². The molecule has 1 rings (SSSR count). The molecule has 0 aromatic heterocycles. The van der Waals surface area contributed by atoms with Gasteiger partial charge in [0.25, 0.3) is 0 Å². The molecule has 1 aromatic carbocycles. The fourth-order valence-electron chi connectivity index (χ4n) is 3.58. The molecule has 0 saturated carbocycles. The minimum Gasteiger partial charge on any atom is -0.481 e. The van der Waals surface area contributed by atoms with E-state index >= 15 is 0 Å². The highest BCUT2D eigenvalue weighted by atomic mass is 35.5. The summed E-state index contributed by atoms with van der Waals surface area (Å²) in [6, 6.07) is 5.24. The third-order valence-corrected chi connectivity index (χ3v) is 5.42. The van der Waals surface area contributed by atoms with E-state index in [0.717, 1.165) is 11.3 Å². The summed E-state index contributed by atoms with van der Waals surface area (Å²) in [5.74, 6) is -0.0270. The Morgan fingerprint density at radius 3 is 2.22 bits per heavy atom. The zero-order valence-corrected chi connectivity index (χ0v) is 21.8. The molecule has 0 saturated heterocycles. The van der Waals surface area contributed by atoms with Gasteiger partial charge in [0.05, 0.1) is 6.42 Å². The second-order valence-corrected chi connectivity index (χ2v) is 10.8. The van der Waals surface area contributed by atoms with Crippen LogP contribution >= 0.6 is 34.8 Å². The van der Waals surface area contributed by atoms with Crippen LogP contribution in [0.1, 0.15) is 53.0 Å². The van der Waals surface area contributed by atoms with Crippen LogP contribution < -0.4 is 10.2 Å². The Morgan fingerprint density at radius 1 is 1.12 bits per heavy atom. The largest absolute Gasteiger partial charge is 0.481 e. The minimum atomic E-state index is -0.986. The number of benzene rings is 1. The average Bonchev–Trinajstić information content (AvgIpc) is 2.60. The van der Waals surface area contributed by atoms with Crippen LogP contribution in [0.5, 0.6) is 0 Å². The van der Waals surface area contributed by atoms with Gasteiger partial charge in [0.2, 0.25) is 0 Å². The molecule has 1 amide bonds. The van der Waals surface area contributed by atoms with Crippen LogP contribution in [0.3, 0.4) is 0 Å². The lowest BCUT2D eigenvalue weighted by molar-refractivity contribution is -0.137. The van der Waals surface area contributed by atoms with Crippen molar-refractivity contribution >= 4 is 52.6 Å². The summed E-state index contributed by atoms with van der Waals surface area (Å²) in [6.45, 7) is 10.7. The Kier molecular flexibility index (Phi) is 11.4. The summed E-state index contributed by atoms with van der Waals surface area (Å²) in [5, 5.41) is 12.7. The number of carboxylic acid groups (broad SMARTS) is 1. The summed E-state index contributed by atoms with van der Waals surface area (Å²) in [4.78, 5) is 25.7. The molecule has 0 spiro atoms. The summed E-state index contributed by atoms with van der Waals surface area (Å²) >= 11 is 18.4. The molecular weight excluding hydrogens is 475 g/mol. The molecule has 0 aliphatic carbocycles. The number of amides is 1. The number of carbonyl (C=O) groups is 2. The Hall–Kier alpha value is -1.37. The predicted octanol–water partition coefficient (Wildman–Crippen LogP) is 5.95. The molecule has 32 heavy (non-hydrogen) atoms. The van der Waals surface area contributed by atoms with Crippen LogP contribution in [-0.2, 0) is 16.0 Å². The molecule has 0 bridgehead atoms. The van der Waals surface area contributed by atoms with Crippen molar-refractivity contribution in [2.75, 3.05) is 29.7 Å². The first-order valence-corrected chi connectivity index (χ1v) is 12.1. The van der Waals surface area contributed by atoms with Crippen LogP contribution in [-0.4, -0.2) is 53.7 Å². The van der Waals surface area contributed by atoms with E-state index in [4.69, 9.17) is 39.5 Å². The number of hydrogen-bond acceptors (Lipinski definition) is 4. The topological polar surface area (TPSA) is 78.9 Å². The SMILES string of the molecule is CC(C)(Cc1cc(N(CCCl)CCCl)ccc1Cl)C[C@@H](CC(=O)O)NC(=O)OC(C)(C)C. The van der Waals surface area contributed by atoms with E-state index in [1.807, 2.05) is 32.0 Å². The molecule has 1 aromatic rings. The number of hydrogen-bond donors (Lipinski definition) is 2. The second kappa shape index (κ2) is 12.8. The highest BCUT2D eigenvalue weighted by Gasteiger charge is 2.29. The lowest BCUT2D eigenvalue weighted by atomic mass is 9.79. The maximum Gasteiger partial charge on any atom is 0.407 e. The van der Waals surface area contributed by atoms with Gasteiger partial charge in [0, 0.05) is 41.6 Å². The molecule has 1 atom stereocenters. The summed E-state index contributed by atoms with van der Waals surface area (Å²) in [5.41, 5.74) is 0.908. The van der Waals surface area contributed by atoms with Crippen molar-refractivity contribution in [3.63, 3.8) is 0 Å². The molecule has 9 heteroatoms. The summed E-state index contributed by atoms with van der Waals surface area (Å²) in [6.07, 6.45) is 0.209. The Morgan fingerprint density at radius 2 is 1.72 bits per heavy atom. The normalized spacial score (nSPS) is 12.9. The van der Waals surface area contributed by atoms with E-state index in [9.17, 15) is 14.7 Å². The van der Waals surface area contributed by atoms with Crippen LogP contribution in [0.4, 0.5) is 10.5 Å². The Labute approximate surface area is 206 Å². The number of carbonyl (C=O) groups excluding carboxylic acids is 1. The van der Waals surface area contributed by atoms with Gasteiger partial charge in [-0.25, -0.2) is 4.79 Å². The van der Waals surface area contributed by atoms with Crippen LogP contribution in [0.2, 0.25) is 5.02 Å². The number of halogens is 3. The lowest BCUT2D eigenvalue weighted by Gasteiger charge is -2.31. The molecule has 6 nitrogen and oxygen atoms in total. The number of nitrogens with one attached hydrogen (secondary N) is 1. The average molecular weight is 510 g/mol. The first-order chi connectivity index (χ1) is 14.8. The molecule has 0 unspecified atom stereocenters. The second-order valence-electron chi connectivity index (χ2n) is 9.63. The van der Waals surface area contributed by atoms with Crippen molar-refractivity contribution in [1.29, 1.82) is 0 Å².